The number of hydrazone groups is 1. The number of benzene rings is 3. The van der Waals surface area contributed by atoms with Gasteiger partial charge in [0.25, 0.3) is 17.7 Å². The minimum atomic E-state index is -1.02. The number of ether oxygens (including phenoxy) is 1. The molecule has 10 heteroatoms. The van der Waals surface area contributed by atoms with E-state index in [1.54, 1.807) is 24.3 Å². The van der Waals surface area contributed by atoms with E-state index >= 15 is 0 Å². The molecule has 190 valence electrons. The largest absolute Gasteiger partial charge is 0.495 e. The van der Waals surface area contributed by atoms with Crippen LogP contribution in [0.1, 0.15) is 23.6 Å². The van der Waals surface area contributed by atoms with Gasteiger partial charge in [0.1, 0.15) is 12.3 Å². The third kappa shape index (κ3) is 3.90. The van der Waals surface area contributed by atoms with Crippen molar-refractivity contribution < 1.29 is 19.1 Å². The molecule has 0 N–H and O–H groups in total. The standard InChI is InChI=1S/C28H24N6O4/c1-38-23-15-9-8-14-21(23)33-27(36)25-26(28(33)37)32(31-29-25)17-24(35)34-22(19-12-6-3-7-13-19)16-20(30-34)18-10-4-2-5-11-18/h2-15,22,25-26H,16-17H2,1H3/t22-,25-,26-/m0/s1. The number of rotatable bonds is 6. The van der Waals surface area contributed by atoms with Gasteiger partial charge < -0.3 is 4.74 Å². The van der Waals surface area contributed by atoms with Crippen LogP contribution in [-0.2, 0) is 14.4 Å². The molecule has 0 aliphatic carbocycles. The molecule has 0 spiro atoms. The predicted octanol–water partition coefficient (Wildman–Crippen LogP) is 3.37. The van der Waals surface area contributed by atoms with E-state index in [1.165, 1.54) is 17.1 Å². The van der Waals surface area contributed by atoms with E-state index in [1.807, 2.05) is 60.7 Å². The van der Waals surface area contributed by atoms with Crippen molar-refractivity contribution in [3.05, 3.63) is 96.1 Å². The molecule has 3 aromatic carbocycles. The molecule has 0 aromatic heterocycles. The third-order valence-corrected chi connectivity index (χ3v) is 6.94. The van der Waals surface area contributed by atoms with Crippen LogP contribution in [0, 0.1) is 0 Å². The molecule has 3 aromatic rings. The summed E-state index contributed by atoms with van der Waals surface area (Å²) >= 11 is 0. The topological polar surface area (TPSA) is 107 Å². The Hall–Kier alpha value is -4.86. The molecule has 0 radical (unpaired) electrons. The van der Waals surface area contributed by atoms with Crippen molar-refractivity contribution in [3.8, 4) is 5.75 Å². The molecule has 0 saturated carbocycles. The van der Waals surface area contributed by atoms with E-state index in [9.17, 15) is 14.4 Å². The van der Waals surface area contributed by atoms with Crippen LogP contribution in [-0.4, -0.2) is 59.2 Å². The van der Waals surface area contributed by atoms with Crippen molar-refractivity contribution in [1.29, 1.82) is 0 Å². The van der Waals surface area contributed by atoms with E-state index in [-0.39, 0.29) is 18.5 Å². The lowest BCUT2D eigenvalue weighted by Gasteiger charge is -2.25. The van der Waals surface area contributed by atoms with Crippen LogP contribution in [0.25, 0.3) is 0 Å². The van der Waals surface area contributed by atoms with E-state index in [0.717, 1.165) is 21.7 Å². The van der Waals surface area contributed by atoms with E-state index in [0.29, 0.717) is 17.9 Å². The Morgan fingerprint density at radius 2 is 1.61 bits per heavy atom. The summed E-state index contributed by atoms with van der Waals surface area (Å²) in [5, 5.41) is 15.5. The van der Waals surface area contributed by atoms with Crippen molar-refractivity contribution in [1.82, 2.24) is 10.0 Å². The summed E-state index contributed by atoms with van der Waals surface area (Å²) in [7, 11) is 1.47. The number of imide groups is 1. The van der Waals surface area contributed by atoms with Gasteiger partial charge in [0.05, 0.1) is 24.6 Å². The fourth-order valence-corrected chi connectivity index (χ4v) is 5.10. The first-order chi connectivity index (χ1) is 18.6. The summed E-state index contributed by atoms with van der Waals surface area (Å²) in [5.41, 5.74) is 3.02. The summed E-state index contributed by atoms with van der Waals surface area (Å²) in [4.78, 5) is 41.3. The molecule has 1 fully saturated rings. The second kappa shape index (κ2) is 9.55. The normalized spacial score (nSPS) is 22.2. The SMILES string of the molecule is COc1ccccc1N1C(=O)[C@H]2N=NN(CC(=O)N3N=C(c4ccccc4)C[C@H]3c3ccccc3)[C@@H]2C1=O. The maximum Gasteiger partial charge on any atom is 0.264 e. The fraction of sp³-hybridized carbons (Fsp3) is 0.214. The van der Waals surface area contributed by atoms with Gasteiger partial charge in [0.15, 0.2) is 12.1 Å². The maximum absolute atomic E-state index is 13.6. The van der Waals surface area contributed by atoms with Gasteiger partial charge in [-0.05, 0) is 23.3 Å². The lowest BCUT2D eigenvalue weighted by molar-refractivity contribution is -0.135. The van der Waals surface area contributed by atoms with Crippen LogP contribution in [0.15, 0.2) is 100 Å². The number of fused-ring (bicyclic) bond motifs is 1. The second-order valence-electron chi connectivity index (χ2n) is 9.16. The summed E-state index contributed by atoms with van der Waals surface area (Å²) in [6.07, 6.45) is 0.548. The summed E-state index contributed by atoms with van der Waals surface area (Å²) < 4.78 is 5.35. The van der Waals surface area contributed by atoms with Gasteiger partial charge in [-0.25, -0.2) is 9.91 Å². The molecule has 6 rings (SSSR count). The lowest BCUT2D eigenvalue weighted by Crippen LogP contribution is -2.44. The molecule has 3 amide bonds. The van der Waals surface area contributed by atoms with Crippen molar-refractivity contribution in [2.75, 3.05) is 18.6 Å². The van der Waals surface area contributed by atoms with E-state index in [2.05, 4.69) is 15.4 Å². The molecule has 0 unspecified atom stereocenters. The molecular weight excluding hydrogens is 484 g/mol. The molecule has 3 aliphatic heterocycles. The van der Waals surface area contributed by atoms with Gasteiger partial charge in [-0.1, -0.05) is 78.0 Å². The Morgan fingerprint density at radius 3 is 2.34 bits per heavy atom. The highest BCUT2D eigenvalue weighted by Crippen LogP contribution is 2.37. The van der Waals surface area contributed by atoms with Gasteiger partial charge in [0, 0.05) is 6.42 Å². The monoisotopic (exact) mass is 508 g/mol. The number of carbonyl (C=O) groups is 3. The average molecular weight is 509 g/mol. The quantitative estimate of drug-likeness (QED) is 0.475. The number of anilines is 1. The first-order valence-corrected chi connectivity index (χ1v) is 12.2. The molecule has 1 saturated heterocycles. The Kier molecular flexibility index (Phi) is 5.91. The highest BCUT2D eigenvalue weighted by Gasteiger charge is 2.56. The highest BCUT2D eigenvalue weighted by molar-refractivity contribution is 6.26. The average Bonchev–Trinajstić information content (AvgIpc) is 3.65. The van der Waals surface area contributed by atoms with Crippen molar-refractivity contribution >= 4 is 29.1 Å². The van der Waals surface area contributed by atoms with Gasteiger partial charge in [-0.2, -0.15) is 10.2 Å². The number of methoxy groups -OCH3 is 1. The number of hydrogen-bond acceptors (Lipinski definition) is 8. The molecule has 3 atom stereocenters. The Balaban J connectivity index is 1.26. The lowest BCUT2D eigenvalue weighted by atomic mass is 9.98. The van der Waals surface area contributed by atoms with Gasteiger partial charge in [0.2, 0.25) is 0 Å². The van der Waals surface area contributed by atoms with Gasteiger partial charge in [-0.15, -0.1) is 0 Å². The number of carbonyl (C=O) groups excluding carboxylic acids is 3. The molecule has 10 nitrogen and oxygen atoms in total. The van der Waals surface area contributed by atoms with E-state index in [4.69, 9.17) is 4.74 Å². The van der Waals surface area contributed by atoms with Crippen LogP contribution >= 0.6 is 0 Å². The minimum Gasteiger partial charge on any atom is -0.495 e. The smallest absolute Gasteiger partial charge is 0.264 e. The molecule has 3 aliphatic rings. The van der Waals surface area contributed by atoms with Crippen molar-refractivity contribution in [3.63, 3.8) is 0 Å². The number of nitrogens with zero attached hydrogens (tertiary/aromatic N) is 6. The van der Waals surface area contributed by atoms with E-state index < -0.39 is 23.9 Å². The van der Waals surface area contributed by atoms with Crippen molar-refractivity contribution in [2.24, 2.45) is 15.4 Å². The Bertz CT molecular complexity index is 1460. The zero-order valence-corrected chi connectivity index (χ0v) is 20.5. The summed E-state index contributed by atoms with van der Waals surface area (Å²) in [6.45, 7) is -0.252. The first-order valence-electron chi connectivity index (χ1n) is 12.2. The van der Waals surface area contributed by atoms with Crippen LogP contribution in [0.3, 0.4) is 0 Å². The molecule has 0 bridgehead atoms. The van der Waals surface area contributed by atoms with Crippen LogP contribution < -0.4 is 9.64 Å². The third-order valence-electron chi connectivity index (χ3n) is 6.94. The van der Waals surface area contributed by atoms with Gasteiger partial charge >= 0.3 is 0 Å². The fourth-order valence-electron chi connectivity index (χ4n) is 5.10. The zero-order chi connectivity index (χ0) is 26.2. The van der Waals surface area contributed by atoms with Gasteiger partial charge in [-0.3, -0.25) is 19.4 Å². The van der Waals surface area contributed by atoms with Crippen molar-refractivity contribution in [2.45, 2.75) is 24.5 Å². The minimum absolute atomic E-state index is 0.252. The summed E-state index contributed by atoms with van der Waals surface area (Å²) in [5.74, 6) is -0.965. The number of amides is 3. The van der Waals surface area contributed by atoms with Crippen LogP contribution in [0.4, 0.5) is 5.69 Å². The maximum atomic E-state index is 13.6. The zero-order valence-electron chi connectivity index (χ0n) is 20.5. The first kappa shape index (κ1) is 23.5. The Morgan fingerprint density at radius 1 is 0.921 bits per heavy atom. The van der Waals surface area contributed by atoms with Crippen LogP contribution in [0.2, 0.25) is 0 Å². The predicted molar refractivity (Wildman–Crippen MR) is 138 cm³/mol. The molecule has 38 heavy (non-hydrogen) atoms. The Labute approximate surface area is 218 Å². The second-order valence-corrected chi connectivity index (χ2v) is 9.16. The highest BCUT2D eigenvalue weighted by atomic mass is 16.5. The molecule has 3 heterocycles. The number of hydrogen-bond donors (Lipinski definition) is 0. The molecular formula is C28H24N6O4. The van der Waals surface area contributed by atoms with Crippen LogP contribution in [0.5, 0.6) is 5.75 Å². The number of para-hydroxylation sites is 2. The summed E-state index contributed by atoms with van der Waals surface area (Å²) in [6, 6.07) is 23.9.